The first-order chi connectivity index (χ1) is 21.4. The van der Waals surface area contributed by atoms with Crippen LogP contribution in [-0.2, 0) is 22.6 Å². The van der Waals surface area contributed by atoms with E-state index >= 15 is 4.39 Å². The third-order valence-electron chi connectivity index (χ3n) is 7.75. The molecule has 1 unspecified atom stereocenters. The summed E-state index contributed by atoms with van der Waals surface area (Å²) in [5.74, 6) is -1.05. The smallest absolute Gasteiger partial charge is 0.233 e. The second-order valence-electron chi connectivity index (χ2n) is 11.1. The van der Waals surface area contributed by atoms with Gasteiger partial charge in [-0.05, 0) is 42.4 Å². The molecule has 0 aliphatic carbocycles. The molecule has 8 nitrogen and oxygen atoms in total. The Balaban J connectivity index is 1.05. The number of hydrogen-bond donors (Lipinski definition) is 2. The van der Waals surface area contributed by atoms with Crippen LogP contribution < -0.4 is 15.4 Å². The maximum Gasteiger partial charge on any atom is 0.233 e. The molecule has 0 spiro atoms. The van der Waals surface area contributed by atoms with Crippen molar-refractivity contribution in [3.63, 3.8) is 0 Å². The van der Waals surface area contributed by atoms with Crippen molar-refractivity contribution in [2.75, 3.05) is 43.9 Å². The van der Waals surface area contributed by atoms with E-state index in [1.807, 2.05) is 6.07 Å². The number of anilines is 2. The van der Waals surface area contributed by atoms with Crippen molar-refractivity contribution in [1.29, 1.82) is 0 Å². The van der Waals surface area contributed by atoms with Crippen LogP contribution in [-0.4, -0.2) is 59.8 Å². The minimum absolute atomic E-state index is 0.0375. The lowest BCUT2D eigenvalue weighted by atomic mass is 10.0. The van der Waals surface area contributed by atoms with Gasteiger partial charge in [-0.3, -0.25) is 19.5 Å². The largest absolute Gasteiger partial charge is 0.453 e. The van der Waals surface area contributed by atoms with Crippen molar-refractivity contribution < 1.29 is 18.7 Å². The Morgan fingerprint density at radius 3 is 2.36 bits per heavy atom. The molecule has 4 aromatic rings. The summed E-state index contributed by atoms with van der Waals surface area (Å²) in [6.45, 7) is 5.35. The summed E-state index contributed by atoms with van der Waals surface area (Å²) in [5.41, 5.74) is 4.30. The number of carbonyl (C=O) groups is 2. The standard InChI is InChI=1S/C34H34FN5O3S/c1-39-15-17-40(18-16-39)22-23-7-9-24(10-8-23)31-20-28-34(44-31)30(13-14-36-28)43-29-12-11-26(19-27(29)35)38-33(42)21-32(41)37-25-5-3-2-4-6-25/h2-14,19,31H,15-18,20-22H2,1H3,(H,37,41)(H,38,42). The van der Waals surface area contributed by atoms with Gasteiger partial charge in [0.2, 0.25) is 11.8 Å². The molecule has 1 aromatic heterocycles. The number of amides is 2. The van der Waals surface area contributed by atoms with Gasteiger partial charge in [-0.15, -0.1) is 11.8 Å². The van der Waals surface area contributed by atoms with Gasteiger partial charge in [0.1, 0.15) is 12.2 Å². The number of nitrogens with one attached hydrogen (secondary N) is 2. The van der Waals surface area contributed by atoms with Gasteiger partial charge in [-0.25, -0.2) is 4.39 Å². The third-order valence-corrected chi connectivity index (χ3v) is 9.14. The lowest BCUT2D eigenvalue weighted by Gasteiger charge is -2.32. The molecule has 1 saturated heterocycles. The molecule has 6 rings (SSSR count). The minimum atomic E-state index is -0.627. The molecular weight excluding hydrogens is 577 g/mol. The van der Waals surface area contributed by atoms with E-state index in [2.05, 4.69) is 56.7 Å². The maximum atomic E-state index is 15.1. The fourth-order valence-corrected chi connectivity index (χ4v) is 6.65. The molecule has 0 radical (unpaired) electrons. The molecule has 226 valence electrons. The molecule has 2 aliphatic heterocycles. The summed E-state index contributed by atoms with van der Waals surface area (Å²) in [5, 5.41) is 5.42. The van der Waals surface area contributed by atoms with Crippen molar-refractivity contribution in [3.8, 4) is 11.5 Å². The molecular formula is C34H34FN5O3S. The zero-order valence-electron chi connectivity index (χ0n) is 24.5. The van der Waals surface area contributed by atoms with Gasteiger partial charge in [-0.1, -0.05) is 42.5 Å². The summed E-state index contributed by atoms with van der Waals surface area (Å²) in [6.07, 6.45) is 2.05. The molecule has 0 saturated carbocycles. The SMILES string of the molecule is CN1CCN(Cc2ccc(C3Cc4nccc(Oc5ccc(NC(=O)CC(=O)Nc6ccccc6)cc5F)c4S3)cc2)CC1. The highest BCUT2D eigenvalue weighted by atomic mass is 32.2. The van der Waals surface area contributed by atoms with Crippen molar-refractivity contribution in [2.24, 2.45) is 0 Å². The van der Waals surface area contributed by atoms with Crippen LogP contribution in [0.4, 0.5) is 15.8 Å². The number of thioether (sulfide) groups is 1. The molecule has 3 heterocycles. The molecule has 10 heteroatoms. The Bertz CT molecular complexity index is 1630. The van der Waals surface area contributed by atoms with Gasteiger partial charge in [0, 0.05) is 74.1 Å². The number of aromatic nitrogens is 1. The number of pyridine rings is 1. The number of ether oxygens (including phenoxy) is 1. The van der Waals surface area contributed by atoms with Crippen molar-refractivity contribution in [3.05, 3.63) is 108 Å². The fourth-order valence-electron chi connectivity index (χ4n) is 5.33. The number of halogens is 1. The van der Waals surface area contributed by atoms with E-state index in [0.29, 0.717) is 11.4 Å². The average Bonchev–Trinajstić information content (AvgIpc) is 3.46. The highest BCUT2D eigenvalue weighted by Crippen LogP contribution is 2.50. The summed E-state index contributed by atoms with van der Waals surface area (Å²) >= 11 is 1.68. The highest BCUT2D eigenvalue weighted by molar-refractivity contribution is 8.00. The molecule has 2 amide bonds. The van der Waals surface area contributed by atoms with Crippen LogP contribution in [0.3, 0.4) is 0 Å². The first kappa shape index (κ1) is 29.8. The summed E-state index contributed by atoms with van der Waals surface area (Å²) < 4.78 is 21.1. The molecule has 1 fully saturated rings. The van der Waals surface area contributed by atoms with Gasteiger partial charge in [-0.2, -0.15) is 0 Å². The first-order valence-electron chi connectivity index (χ1n) is 14.7. The van der Waals surface area contributed by atoms with Crippen LogP contribution >= 0.6 is 11.8 Å². The number of carbonyl (C=O) groups excluding carboxylic acids is 2. The summed E-state index contributed by atoms with van der Waals surface area (Å²) in [7, 11) is 2.17. The molecule has 3 aromatic carbocycles. The van der Waals surface area contributed by atoms with Gasteiger partial charge in [0.05, 0.1) is 10.6 Å². The molecule has 2 aliphatic rings. The number of benzene rings is 3. The second kappa shape index (κ2) is 13.6. The maximum absolute atomic E-state index is 15.1. The normalized spacial score (nSPS) is 16.7. The zero-order chi connectivity index (χ0) is 30.5. The van der Waals surface area contributed by atoms with Crippen LogP contribution in [0.5, 0.6) is 11.5 Å². The van der Waals surface area contributed by atoms with Gasteiger partial charge >= 0.3 is 0 Å². The summed E-state index contributed by atoms with van der Waals surface area (Å²) in [4.78, 5) is 34.9. The number of para-hydroxylation sites is 1. The van der Waals surface area contributed by atoms with Crippen LogP contribution in [0.25, 0.3) is 0 Å². The van der Waals surface area contributed by atoms with Gasteiger partial charge in [0.25, 0.3) is 0 Å². The van der Waals surface area contributed by atoms with E-state index in [0.717, 1.165) is 49.7 Å². The quantitative estimate of drug-likeness (QED) is 0.221. The van der Waals surface area contributed by atoms with E-state index in [-0.39, 0.29) is 16.7 Å². The van der Waals surface area contributed by atoms with Crippen LogP contribution in [0.15, 0.2) is 90.0 Å². The number of fused-ring (bicyclic) bond motifs is 1. The Kier molecular flexibility index (Phi) is 9.20. The monoisotopic (exact) mass is 611 g/mol. The van der Waals surface area contributed by atoms with Gasteiger partial charge in [0.15, 0.2) is 11.6 Å². The Labute approximate surface area is 260 Å². The van der Waals surface area contributed by atoms with Crippen molar-refractivity contribution in [2.45, 2.75) is 29.5 Å². The van der Waals surface area contributed by atoms with Crippen LogP contribution in [0.1, 0.15) is 28.5 Å². The molecule has 2 N–H and O–H groups in total. The lowest BCUT2D eigenvalue weighted by molar-refractivity contribution is -0.123. The van der Waals surface area contributed by atoms with Crippen LogP contribution in [0.2, 0.25) is 0 Å². The first-order valence-corrected chi connectivity index (χ1v) is 15.5. The lowest BCUT2D eigenvalue weighted by Crippen LogP contribution is -2.43. The van der Waals surface area contributed by atoms with E-state index < -0.39 is 24.1 Å². The predicted octanol–water partition coefficient (Wildman–Crippen LogP) is 6.12. The second-order valence-corrected chi connectivity index (χ2v) is 12.3. The Morgan fingerprint density at radius 1 is 0.909 bits per heavy atom. The van der Waals surface area contributed by atoms with Crippen molar-refractivity contribution in [1.82, 2.24) is 14.8 Å². The van der Waals surface area contributed by atoms with Crippen LogP contribution in [0, 0.1) is 5.82 Å². The summed E-state index contributed by atoms with van der Waals surface area (Å²) in [6, 6.07) is 23.6. The Hall–Kier alpha value is -4.25. The number of piperazine rings is 1. The fraction of sp³-hybridized carbons (Fsp3) is 0.265. The topological polar surface area (TPSA) is 86.8 Å². The molecule has 0 bridgehead atoms. The van der Waals surface area contributed by atoms with E-state index in [1.54, 1.807) is 54.4 Å². The molecule has 44 heavy (non-hydrogen) atoms. The van der Waals surface area contributed by atoms with Crippen molar-refractivity contribution >= 4 is 35.0 Å². The zero-order valence-corrected chi connectivity index (χ0v) is 25.3. The third kappa shape index (κ3) is 7.45. The van der Waals surface area contributed by atoms with E-state index in [9.17, 15) is 9.59 Å². The highest BCUT2D eigenvalue weighted by Gasteiger charge is 2.28. The number of likely N-dealkylation sites (N-methyl/N-ethyl adjacent to an activating group) is 1. The van der Waals surface area contributed by atoms with E-state index in [1.165, 1.54) is 23.3 Å². The van der Waals surface area contributed by atoms with Gasteiger partial charge < -0.3 is 20.3 Å². The Morgan fingerprint density at radius 2 is 1.64 bits per heavy atom. The molecule has 1 atom stereocenters. The number of rotatable bonds is 9. The predicted molar refractivity (Wildman–Crippen MR) is 171 cm³/mol. The average molecular weight is 612 g/mol. The van der Waals surface area contributed by atoms with E-state index in [4.69, 9.17) is 4.74 Å². The number of nitrogens with zero attached hydrogens (tertiary/aromatic N) is 3. The minimum Gasteiger partial charge on any atom is -0.453 e. The number of hydrogen-bond acceptors (Lipinski definition) is 7.